The Balaban J connectivity index is 1.72. The molecule has 2 aromatic carbocycles. The van der Waals surface area contributed by atoms with Crippen LogP contribution in [-0.4, -0.2) is 23.3 Å². The first kappa shape index (κ1) is 17.5. The van der Waals surface area contributed by atoms with E-state index < -0.39 is 0 Å². The van der Waals surface area contributed by atoms with Gasteiger partial charge in [-0.3, -0.25) is 9.59 Å². The Morgan fingerprint density at radius 3 is 2.60 bits per heavy atom. The maximum absolute atomic E-state index is 12.8. The Labute approximate surface area is 152 Å². The van der Waals surface area contributed by atoms with Gasteiger partial charge in [-0.1, -0.05) is 29.8 Å². The summed E-state index contributed by atoms with van der Waals surface area (Å²) in [6.07, 6.45) is 1.90. The Bertz CT molecular complexity index is 787. The normalized spacial score (nSPS) is 13.4. The third-order valence-electron chi connectivity index (χ3n) is 4.26. The Kier molecular flexibility index (Phi) is 5.39. The predicted molar refractivity (Wildman–Crippen MR) is 99.7 cm³/mol. The highest BCUT2D eigenvalue weighted by Crippen LogP contribution is 2.30. The molecule has 130 valence electrons. The van der Waals surface area contributed by atoms with Gasteiger partial charge >= 0.3 is 0 Å². The number of carbonyl (C=O) groups excluding carboxylic acids is 2. The molecule has 0 saturated heterocycles. The van der Waals surface area contributed by atoms with Gasteiger partial charge in [0.15, 0.2) is 0 Å². The summed E-state index contributed by atoms with van der Waals surface area (Å²) in [7, 11) is 0. The number of amides is 2. The standard InChI is InChI=1S/C20H21ClN2O2/c1-2-23(13-14-5-3-7-17(21)11-14)20(25)16-6-4-8-18(12-16)22-19(24)15-9-10-15/h3-8,11-12,15H,2,9-10,13H2,1H3,(H,22,24). The zero-order valence-electron chi connectivity index (χ0n) is 14.2. The minimum Gasteiger partial charge on any atom is -0.335 e. The summed E-state index contributed by atoms with van der Waals surface area (Å²) in [5.41, 5.74) is 2.22. The average molecular weight is 357 g/mol. The van der Waals surface area contributed by atoms with Gasteiger partial charge in [0.2, 0.25) is 5.91 Å². The summed E-state index contributed by atoms with van der Waals surface area (Å²) in [6.45, 7) is 3.03. The molecule has 1 aliphatic rings. The van der Waals surface area contributed by atoms with Crippen molar-refractivity contribution in [2.45, 2.75) is 26.3 Å². The number of carbonyl (C=O) groups is 2. The minimum atomic E-state index is -0.0648. The molecule has 1 saturated carbocycles. The van der Waals surface area contributed by atoms with Crippen LogP contribution in [0.5, 0.6) is 0 Å². The first-order chi connectivity index (χ1) is 12.1. The molecule has 1 aliphatic carbocycles. The van der Waals surface area contributed by atoms with Crippen molar-refractivity contribution in [3.8, 4) is 0 Å². The van der Waals surface area contributed by atoms with Gasteiger partial charge in [0, 0.05) is 35.3 Å². The van der Waals surface area contributed by atoms with E-state index in [0.717, 1.165) is 18.4 Å². The molecule has 3 rings (SSSR count). The van der Waals surface area contributed by atoms with Gasteiger partial charge in [-0.15, -0.1) is 0 Å². The number of hydrogen-bond donors (Lipinski definition) is 1. The van der Waals surface area contributed by atoms with Gasteiger partial charge in [0.05, 0.1) is 0 Å². The number of nitrogens with zero attached hydrogens (tertiary/aromatic N) is 1. The van der Waals surface area contributed by atoms with Crippen molar-refractivity contribution >= 4 is 29.1 Å². The molecule has 0 aliphatic heterocycles. The van der Waals surface area contributed by atoms with Gasteiger partial charge in [-0.25, -0.2) is 0 Å². The summed E-state index contributed by atoms with van der Waals surface area (Å²) >= 11 is 6.02. The van der Waals surface area contributed by atoms with Crippen LogP contribution in [-0.2, 0) is 11.3 Å². The topological polar surface area (TPSA) is 49.4 Å². The van der Waals surface area contributed by atoms with Crippen LogP contribution in [0.25, 0.3) is 0 Å². The molecule has 0 radical (unpaired) electrons. The van der Waals surface area contributed by atoms with Gasteiger partial charge in [-0.2, -0.15) is 0 Å². The van der Waals surface area contributed by atoms with Gasteiger partial charge in [0.1, 0.15) is 0 Å². The third-order valence-corrected chi connectivity index (χ3v) is 4.49. The summed E-state index contributed by atoms with van der Waals surface area (Å²) in [4.78, 5) is 26.5. The van der Waals surface area contributed by atoms with E-state index >= 15 is 0 Å². The molecular weight excluding hydrogens is 336 g/mol. The van der Waals surface area contributed by atoms with E-state index in [9.17, 15) is 9.59 Å². The van der Waals surface area contributed by atoms with E-state index in [1.165, 1.54) is 0 Å². The van der Waals surface area contributed by atoms with E-state index in [-0.39, 0.29) is 17.7 Å². The highest BCUT2D eigenvalue weighted by Gasteiger charge is 2.29. The lowest BCUT2D eigenvalue weighted by molar-refractivity contribution is -0.117. The molecule has 0 heterocycles. The second-order valence-electron chi connectivity index (χ2n) is 6.29. The summed E-state index contributed by atoms with van der Waals surface area (Å²) in [5.74, 6) is 0.107. The number of rotatable bonds is 6. The summed E-state index contributed by atoms with van der Waals surface area (Å²) < 4.78 is 0. The molecule has 0 bridgehead atoms. The first-order valence-electron chi connectivity index (χ1n) is 8.51. The van der Waals surface area contributed by atoms with Crippen LogP contribution >= 0.6 is 11.6 Å². The molecular formula is C20H21ClN2O2. The third kappa shape index (κ3) is 4.60. The van der Waals surface area contributed by atoms with E-state index in [2.05, 4.69) is 5.32 Å². The van der Waals surface area contributed by atoms with Crippen molar-refractivity contribution in [3.63, 3.8) is 0 Å². The van der Waals surface area contributed by atoms with Crippen LogP contribution in [0, 0.1) is 5.92 Å². The quantitative estimate of drug-likeness (QED) is 0.836. The second-order valence-corrected chi connectivity index (χ2v) is 6.73. The molecule has 1 fully saturated rings. The van der Waals surface area contributed by atoms with Gasteiger partial charge < -0.3 is 10.2 Å². The lowest BCUT2D eigenvalue weighted by Crippen LogP contribution is -2.30. The number of nitrogens with one attached hydrogen (secondary N) is 1. The second kappa shape index (κ2) is 7.70. The molecule has 2 amide bonds. The Morgan fingerprint density at radius 1 is 1.16 bits per heavy atom. The fourth-order valence-corrected chi connectivity index (χ4v) is 2.90. The monoisotopic (exact) mass is 356 g/mol. The molecule has 0 atom stereocenters. The SMILES string of the molecule is CCN(Cc1cccc(Cl)c1)C(=O)c1cccc(NC(=O)C2CC2)c1. The van der Waals surface area contributed by atoms with Crippen LogP contribution in [0.4, 0.5) is 5.69 Å². The van der Waals surface area contributed by atoms with Crippen molar-refractivity contribution in [2.75, 3.05) is 11.9 Å². The maximum atomic E-state index is 12.8. The zero-order valence-corrected chi connectivity index (χ0v) is 14.9. The lowest BCUT2D eigenvalue weighted by Gasteiger charge is -2.21. The van der Waals surface area contributed by atoms with Crippen LogP contribution in [0.3, 0.4) is 0 Å². The molecule has 0 unspecified atom stereocenters. The number of anilines is 1. The van der Waals surface area contributed by atoms with E-state index in [4.69, 9.17) is 11.6 Å². The molecule has 2 aromatic rings. The summed E-state index contributed by atoms with van der Waals surface area (Å²) in [6, 6.07) is 14.6. The molecule has 0 aromatic heterocycles. The molecule has 0 spiro atoms. The van der Waals surface area contributed by atoms with E-state index in [1.54, 1.807) is 23.1 Å². The first-order valence-corrected chi connectivity index (χ1v) is 8.89. The molecule has 25 heavy (non-hydrogen) atoms. The summed E-state index contributed by atoms with van der Waals surface area (Å²) in [5, 5.41) is 3.54. The van der Waals surface area contributed by atoms with Gasteiger partial charge in [0.25, 0.3) is 5.91 Å². The van der Waals surface area contributed by atoms with Crippen LogP contribution in [0.1, 0.15) is 35.7 Å². The van der Waals surface area contributed by atoms with Gasteiger partial charge in [-0.05, 0) is 55.7 Å². The highest BCUT2D eigenvalue weighted by molar-refractivity contribution is 6.30. The van der Waals surface area contributed by atoms with Crippen molar-refractivity contribution in [2.24, 2.45) is 5.92 Å². The van der Waals surface area contributed by atoms with Crippen molar-refractivity contribution in [1.82, 2.24) is 4.90 Å². The molecule has 1 N–H and O–H groups in total. The Morgan fingerprint density at radius 2 is 1.92 bits per heavy atom. The van der Waals surface area contributed by atoms with Crippen LogP contribution < -0.4 is 5.32 Å². The average Bonchev–Trinajstić information content (AvgIpc) is 3.44. The number of benzene rings is 2. The smallest absolute Gasteiger partial charge is 0.254 e. The zero-order chi connectivity index (χ0) is 17.8. The minimum absolute atomic E-state index is 0.0378. The lowest BCUT2D eigenvalue weighted by atomic mass is 10.1. The van der Waals surface area contributed by atoms with Crippen molar-refractivity contribution in [1.29, 1.82) is 0 Å². The van der Waals surface area contributed by atoms with Crippen molar-refractivity contribution in [3.05, 3.63) is 64.7 Å². The van der Waals surface area contributed by atoms with Crippen LogP contribution in [0.15, 0.2) is 48.5 Å². The number of hydrogen-bond acceptors (Lipinski definition) is 2. The molecule has 4 nitrogen and oxygen atoms in total. The van der Waals surface area contributed by atoms with Crippen LogP contribution in [0.2, 0.25) is 5.02 Å². The predicted octanol–water partition coefficient (Wildman–Crippen LogP) is 4.35. The van der Waals surface area contributed by atoms with E-state index in [1.807, 2.05) is 37.3 Å². The fraction of sp³-hybridized carbons (Fsp3) is 0.300. The van der Waals surface area contributed by atoms with E-state index in [0.29, 0.717) is 29.4 Å². The molecule has 5 heteroatoms. The Hall–Kier alpha value is -2.33. The maximum Gasteiger partial charge on any atom is 0.254 e. The number of halogens is 1. The largest absolute Gasteiger partial charge is 0.335 e. The fourth-order valence-electron chi connectivity index (χ4n) is 2.69. The highest BCUT2D eigenvalue weighted by atomic mass is 35.5. The van der Waals surface area contributed by atoms with Crippen molar-refractivity contribution < 1.29 is 9.59 Å².